The highest BCUT2D eigenvalue weighted by Gasteiger charge is 2.30. The Hall–Kier alpha value is -2.46. The van der Waals surface area contributed by atoms with Gasteiger partial charge in [-0.1, -0.05) is 278 Å². The number of hydrogen-bond acceptors (Lipinski definition) is 15. The maximum atomic E-state index is 13.0. The van der Waals surface area contributed by atoms with Crippen LogP contribution in [0.4, 0.5) is 0 Å². The van der Waals surface area contributed by atoms with Gasteiger partial charge in [0.1, 0.15) is 19.3 Å². The van der Waals surface area contributed by atoms with Crippen molar-refractivity contribution in [1.82, 2.24) is 0 Å². The lowest BCUT2D eigenvalue weighted by Gasteiger charge is -2.21. The fraction of sp³-hybridized carbons (Fsp3) is 0.886. The molecule has 0 saturated carbocycles. The number of phosphoric acid groups is 2. The van der Waals surface area contributed by atoms with Crippen LogP contribution in [-0.2, 0) is 65.4 Å². The molecule has 0 saturated heterocycles. The van der Waals surface area contributed by atoms with E-state index in [1.807, 2.05) is 0 Å². The van der Waals surface area contributed by atoms with Gasteiger partial charge in [0.15, 0.2) is 12.2 Å². The van der Waals surface area contributed by atoms with Crippen LogP contribution in [-0.4, -0.2) is 96.7 Å². The normalized spacial score (nSPS) is 14.3. The van der Waals surface area contributed by atoms with Crippen molar-refractivity contribution in [2.24, 2.45) is 11.8 Å². The van der Waals surface area contributed by atoms with Crippen molar-refractivity contribution < 1.29 is 80.2 Å². The molecule has 0 spiro atoms. The zero-order valence-electron chi connectivity index (χ0n) is 57.2. The molecule has 89 heavy (non-hydrogen) atoms. The van der Waals surface area contributed by atoms with Gasteiger partial charge in [0, 0.05) is 25.7 Å². The second kappa shape index (κ2) is 61.7. The molecule has 524 valence electrons. The van der Waals surface area contributed by atoms with Gasteiger partial charge in [0.25, 0.3) is 0 Å². The Balaban J connectivity index is 5.29. The first-order chi connectivity index (χ1) is 42.9. The van der Waals surface area contributed by atoms with E-state index in [2.05, 4.69) is 65.8 Å². The first-order valence-corrected chi connectivity index (χ1v) is 38.8. The third-order valence-corrected chi connectivity index (χ3v) is 17.5. The Bertz CT molecular complexity index is 1830. The van der Waals surface area contributed by atoms with Crippen molar-refractivity contribution in [2.45, 2.75) is 349 Å². The minimum atomic E-state index is -4.96. The molecule has 19 heteroatoms. The van der Waals surface area contributed by atoms with Crippen LogP contribution in [0.1, 0.15) is 330 Å². The fourth-order valence-electron chi connectivity index (χ4n) is 10.1. The monoisotopic (exact) mass is 1310 g/mol. The average molecular weight is 1310 g/mol. The number of phosphoric ester groups is 2. The minimum absolute atomic E-state index is 0.0850. The van der Waals surface area contributed by atoms with Crippen molar-refractivity contribution in [3.8, 4) is 0 Å². The molecule has 0 fully saturated rings. The number of carbonyl (C=O) groups is 4. The van der Waals surface area contributed by atoms with E-state index in [0.717, 1.165) is 109 Å². The first-order valence-electron chi connectivity index (χ1n) is 35.8. The number of ether oxygens (including phenoxy) is 4. The summed E-state index contributed by atoms with van der Waals surface area (Å²) in [6.45, 7) is 9.38. The molecule has 0 bridgehead atoms. The quantitative estimate of drug-likeness (QED) is 0.0169. The SMILES string of the molecule is CCCCCC/C=C\C=C/CCCCCCCC(=O)O[C@H](COC(=O)CCCCCCCCCCCCCCC)COP(=O)(O)OC[C@@H](O)COP(=O)(O)OC[C@@H](COC(=O)CCCCCCCCCC(C)C)OC(=O)CCCCCCCCCCC(C)C. The second-order valence-corrected chi connectivity index (χ2v) is 28.4. The van der Waals surface area contributed by atoms with Crippen molar-refractivity contribution >= 4 is 39.5 Å². The predicted molar refractivity (Wildman–Crippen MR) is 358 cm³/mol. The summed E-state index contributed by atoms with van der Waals surface area (Å²) in [6.07, 6.45) is 49.5. The lowest BCUT2D eigenvalue weighted by molar-refractivity contribution is -0.161. The van der Waals surface area contributed by atoms with E-state index >= 15 is 0 Å². The number of carbonyl (C=O) groups excluding carboxylic acids is 4. The molecular weight excluding hydrogens is 1170 g/mol. The Morgan fingerprint density at radius 1 is 0.348 bits per heavy atom. The summed E-state index contributed by atoms with van der Waals surface area (Å²) in [5.74, 6) is -0.737. The third kappa shape index (κ3) is 64.1. The molecule has 3 N–H and O–H groups in total. The second-order valence-electron chi connectivity index (χ2n) is 25.5. The van der Waals surface area contributed by atoms with Crippen molar-refractivity contribution in [3.63, 3.8) is 0 Å². The van der Waals surface area contributed by atoms with E-state index in [-0.39, 0.29) is 25.7 Å². The Morgan fingerprint density at radius 2 is 0.607 bits per heavy atom. The van der Waals surface area contributed by atoms with Gasteiger partial charge < -0.3 is 33.8 Å². The lowest BCUT2D eigenvalue weighted by atomic mass is 10.0. The molecule has 0 rings (SSSR count). The molecule has 17 nitrogen and oxygen atoms in total. The number of aliphatic hydroxyl groups excluding tert-OH is 1. The molecule has 0 amide bonds. The molecule has 0 aromatic rings. The molecule has 0 aliphatic rings. The van der Waals surface area contributed by atoms with Crippen molar-refractivity contribution in [2.75, 3.05) is 39.6 Å². The Kier molecular flexibility index (Phi) is 60.0. The summed E-state index contributed by atoms with van der Waals surface area (Å²) in [4.78, 5) is 72.5. The fourth-order valence-corrected chi connectivity index (χ4v) is 11.6. The Morgan fingerprint density at radius 3 is 0.921 bits per heavy atom. The summed E-state index contributed by atoms with van der Waals surface area (Å²) in [5.41, 5.74) is 0. The summed E-state index contributed by atoms with van der Waals surface area (Å²) in [6, 6.07) is 0. The average Bonchev–Trinajstić information content (AvgIpc) is 3.53. The van der Waals surface area contributed by atoms with Crippen molar-refractivity contribution in [1.29, 1.82) is 0 Å². The minimum Gasteiger partial charge on any atom is -0.462 e. The summed E-state index contributed by atoms with van der Waals surface area (Å²) < 4.78 is 68.2. The summed E-state index contributed by atoms with van der Waals surface area (Å²) in [5, 5.41) is 10.6. The van der Waals surface area contributed by atoms with E-state index in [0.29, 0.717) is 37.5 Å². The predicted octanol–water partition coefficient (Wildman–Crippen LogP) is 19.5. The number of unbranched alkanes of at least 4 members (excludes halogenated alkanes) is 34. The van der Waals surface area contributed by atoms with Crippen LogP contribution in [0.25, 0.3) is 0 Å². The van der Waals surface area contributed by atoms with Crippen LogP contribution in [0.3, 0.4) is 0 Å². The number of hydrogen-bond donors (Lipinski definition) is 3. The van der Waals surface area contributed by atoms with Gasteiger partial charge in [0.2, 0.25) is 0 Å². The zero-order chi connectivity index (χ0) is 65.7. The van der Waals surface area contributed by atoms with Gasteiger partial charge in [-0.3, -0.25) is 37.3 Å². The molecule has 0 aromatic heterocycles. The van der Waals surface area contributed by atoms with Crippen molar-refractivity contribution in [3.05, 3.63) is 24.3 Å². The highest BCUT2D eigenvalue weighted by molar-refractivity contribution is 7.47. The van der Waals surface area contributed by atoms with Gasteiger partial charge in [-0.2, -0.15) is 0 Å². The summed E-state index contributed by atoms with van der Waals surface area (Å²) >= 11 is 0. The number of aliphatic hydroxyl groups is 1. The molecule has 0 radical (unpaired) electrons. The van der Waals surface area contributed by atoms with Gasteiger partial charge >= 0.3 is 39.5 Å². The van der Waals surface area contributed by atoms with Crippen LogP contribution >= 0.6 is 15.6 Å². The van der Waals surface area contributed by atoms with E-state index < -0.39 is 97.5 Å². The number of allylic oxidation sites excluding steroid dienone is 4. The number of rotatable bonds is 67. The lowest BCUT2D eigenvalue weighted by Crippen LogP contribution is -2.30. The van der Waals surface area contributed by atoms with Gasteiger partial charge in [-0.05, 0) is 63.2 Å². The first kappa shape index (κ1) is 86.5. The van der Waals surface area contributed by atoms with Crippen LogP contribution < -0.4 is 0 Å². The van der Waals surface area contributed by atoms with Crippen LogP contribution in [0.5, 0.6) is 0 Å². The standard InChI is InChI=1S/C70H132O17P2/c1-7-9-11-13-15-17-19-21-22-24-26-28-35-42-48-54-69(74)86-65(58-80-67(72)52-46-40-34-27-25-23-20-18-16-14-12-10-8-2)60-84-88(76,77)82-56-64(71)57-83-89(78,79)85-61-66(59-81-68(73)53-47-41-37-31-33-39-45-51-63(5)6)87-70(75)55-49-43-36-30-29-32-38-44-50-62(3)4/h17,19,21-22,62-66,71H,7-16,18,20,23-61H2,1-6H3,(H,76,77)(H,78,79)/b19-17-,22-21-/t64-,65-,66-/m1/s1. The van der Waals surface area contributed by atoms with Crippen LogP contribution in [0, 0.1) is 11.8 Å². The highest BCUT2D eigenvalue weighted by Crippen LogP contribution is 2.45. The van der Waals surface area contributed by atoms with E-state index in [9.17, 15) is 43.2 Å². The topological polar surface area (TPSA) is 237 Å². The van der Waals surface area contributed by atoms with Gasteiger partial charge in [-0.15, -0.1) is 0 Å². The number of esters is 4. The summed E-state index contributed by atoms with van der Waals surface area (Å²) in [7, 11) is -9.91. The van der Waals surface area contributed by atoms with E-state index in [1.54, 1.807) is 0 Å². The Labute approximate surface area is 542 Å². The molecule has 0 heterocycles. The molecule has 0 aromatic carbocycles. The third-order valence-electron chi connectivity index (χ3n) is 15.6. The highest BCUT2D eigenvalue weighted by atomic mass is 31.2. The zero-order valence-corrected chi connectivity index (χ0v) is 59.0. The van der Waals surface area contributed by atoms with E-state index in [1.165, 1.54) is 128 Å². The molecule has 0 aliphatic carbocycles. The van der Waals surface area contributed by atoms with Gasteiger partial charge in [-0.25, -0.2) is 9.13 Å². The largest absolute Gasteiger partial charge is 0.472 e. The smallest absolute Gasteiger partial charge is 0.462 e. The van der Waals surface area contributed by atoms with Gasteiger partial charge in [0.05, 0.1) is 26.4 Å². The van der Waals surface area contributed by atoms with E-state index in [4.69, 9.17) is 37.0 Å². The maximum absolute atomic E-state index is 13.0. The molecular formula is C70H132O17P2. The van der Waals surface area contributed by atoms with Crippen LogP contribution in [0.15, 0.2) is 24.3 Å². The molecule has 0 aliphatic heterocycles. The van der Waals surface area contributed by atoms with Crippen LogP contribution in [0.2, 0.25) is 0 Å². The molecule has 5 atom stereocenters. The molecule has 2 unspecified atom stereocenters. The maximum Gasteiger partial charge on any atom is 0.472 e.